The molecule has 0 aliphatic carbocycles. The maximum Gasteiger partial charge on any atom is 0.248 e. The first kappa shape index (κ1) is 20.6. The molecule has 1 fully saturated rings. The molecule has 0 saturated carbocycles. The summed E-state index contributed by atoms with van der Waals surface area (Å²) in [5.74, 6) is 1.35. The molecule has 1 saturated heterocycles. The summed E-state index contributed by atoms with van der Waals surface area (Å²) in [4.78, 5) is 21.9. The molecular weight excluding hydrogens is 350 g/mol. The van der Waals surface area contributed by atoms with Gasteiger partial charge in [0.1, 0.15) is 6.54 Å². The molecule has 1 amide bonds. The van der Waals surface area contributed by atoms with Crippen LogP contribution in [0.2, 0.25) is 0 Å². The van der Waals surface area contributed by atoms with Gasteiger partial charge in [0.2, 0.25) is 5.91 Å². The third-order valence-electron chi connectivity index (χ3n) is 5.82. The van der Waals surface area contributed by atoms with Crippen molar-refractivity contribution in [2.24, 2.45) is 10.9 Å². The van der Waals surface area contributed by atoms with E-state index in [2.05, 4.69) is 54.3 Å². The number of carbonyl (C=O) groups excluding carboxylic acids is 1. The molecule has 0 aromatic heterocycles. The number of nitrogens with one attached hydrogen (secondary N) is 2. The Hall–Kier alpha value is -2.08. The molecule has 2 N–H and O–H groups in total. The van der Waals surface area contributed by atoms with Crippen molar-refractivity contribution in [2.45, 2.75) is 52.6 Å². The van der Waals surface area contributed by atoms with E-state index in [4.69, 9.17) is 0 Å². The van der Waals surface area contributed by atoms with Gasteiger partial charge in [-0.3, -0.25) is 9.69 Å². The van der Waals surface area contributed by atoms with Crippen LogP contribution >= 0.6 is 0 Å². The second kappa shape index (κ2) is 9.41. The average Bonchev–Trinajstić information content (AvgIpc) is 3.06. The summed E-state index contributed by atoms with van der Waals surface area (Å²) in [6.45, 7) is 12.6. The molecule has 0 spiro atoms. The fourth-order valence-corrected chi connectivity index (χ4v) is 4.13. The molecule has 2 atom stereocenters. The number of anilines is 1. The van der Waals surface area contributed by atoms with Gasteiger partial charge in [0.05, 0.1) is 0 Å². The highest BCUT2D eigenvalue weighted by Gasteiger charge is 2.31. The lowest BCUT2D eigenvalue weighted by molar-refractivity contribution is -0.117. The zero-order valence-electron chi connectivity index (χ0n) is 17.7. The van der Waals surface area contributed by atoms with Crippen LogP contribution in [0.5, 0.6) is 0 Å². The maximum absolute atomic E-state index is 12.9. The molecular formula is C22H35N5O. The lowest BCUT2D eigenvalue weighted by atomic mass is 10.0. The number of fused-ring (bicyclic) bond motifs is 1. The van der Waals surface area contributed by atoms with Gasteiger partial charge in [-0.1, -0.05) is 25.1 Å². The van der Waals surface area contributed by atoms with E-state index in [1.807, 2.05) is 23.1 Å². The van der Waals surface area contributed by atoms with Crippen LogP contribution in [-0.2, 0) is 11.2 Å². The summed E-state index contributed by atoms with van der Waals surface area (Å²) in [6, 6.07) is 9.11. The van der Waals surface area contributed by atoms with Gasteiger partial charge in [0, 0.05) is 44.0 Å². The topological polar surface area (TPSA) is 60.0 Å². The van der Waals surface area contributed by atoms with Crippen LogP contribution in [0.3, 0.4) is 0 Å². The van der Waals surface area contributed by atoms with E-state index in [1.165, 1.54) is 5.56 Å². The predicted octanol–water partition coefficient (Wildman–Crippen LogP) is 2.25. The molecule has 2 unspecified atom stereocenters. The van der Waals surface area contributed by atoms with Gasteiger partial charge < -0.3 is 15.5 Å². The Kier molecular flexibility index (Phi) is 6.94. The second-order valence-electron chi connectivity index (χ2n) is 8.25. The van der Waals surface area contributed by atoms with Crippen LogP contribution in [0.25, 0.3) is 0 Å². The Morgan fingerprint density at radius 3 is 2.79 bits per heavy atom. The van der Waals surface area contributed by atoms with Crippen molar-refractivity contribution in [3.63, 3.8) is 0 Å². The van der Waals surface area contributed by atoms with Crippen molar-refractivity contribution in [1.29, 1.82) is 0 Å². The van der Waals surface area contributed by atoms with Gasteiger partial charge in [0.15, 0.2) is 5.96 Å². The van der Waals surface area contributed by atoms with Crippen molar-refractivity contribution >= 4 is 17.6 Å². The number of aryl methyl sites for hydroxylation is 1. The van der Waals surface area contributed by atoms with Crippen LogP contribution in [0, 0.1) is 5.92 Å². The number of hydrogen-bond donors (Lipinski definition) is 2. The van der Waals surface area contributed by atoms with Crippen LogP contribution in [-0.4, -0.2) is 61.6 Å². The number of nitrogens with zero attached hydrogens (tertiary/aromatic N) is 3. The number of guanidine groups is 1. The van der Waals surface area contributed by atoms with Gasteiger partial charge in [-0.2, -0.15) is 0 Å². The SMILES string of the molecule is CCNC(=NCC(=O)N1CCCc2ccccc21)NC1CN(C(C)C)CC1C. The summed E-state index contributed by atoms with van der Waals surface area (Å²) in [5.41, 5.74) is 2.30. The number of rotatable bonds is 5. The van der Waals surface area contributed by atoms with E-state index in [9.17, 15) is 4.79 Å². The molecule has 2 heterocycles. The Bertz CT molecular complexity index is 702. The zero-order valence-corrected chi connectivity index (χ0v) is 17.7. The third kappa shape index (κ3) is 4.85. The van der Waals surface area contributed by atoms with E-state index in [1.54, 1.807) is 0 Å². The van der Waals surface area contributed by atoms with E-state index in [0.29, 0.717) is 18.0 Å². The number of carbonyl (C=O) groups is 1. The minimum absolute atomic E-state index is 0.0626. The van der Waals surface area contributed by atoms with Crippen LogP contribution in [0.15, 0.2) is 29.3 Å². The van der Waals surface area contributed by atoms with E-state index in [0.717, 1.165) is 50.7 Å². The Morgan fingerprint density at radius 1 is 1.29 bits per heavy atom. The monoisotopic (exact) mass is 385 g/mol. The first-order valence-corrected chi connectivity index (χ1v) is 10.7. The molecule has 154 valence electrons. The number of hydrogen-bond acceptors (Lipinski definition) is 3. The fraction of sp³-hybridized carbons (Fsp3) is 0.636. The lowest BCUT2D eigenvalue weighted by Crippen LogP contribution is -2.47. The summed E-state index contributed by atoms with van der Waals surface area (Å²) >= 11 is 0. The van der Waals surface area contributed by atoms with Crippen LogP contribution < -0.4 is 15.5 Å². The number of likely N-dealkylation sites (tertiary alicyclic amines) is 1. The average molecular weight is 386 g/mol. The maximum atomic E-state index is 12.9. The van der Waals surface area contributed by atoms with Gasteiger partial charge in [-0.05, 0) is 51.2 Å². The Balaban J connectivity index is 1.64. The van der Waals surface area contributed by atoms with E-state index in [-0.39, 0.29) is 12.5 Å². The zero-order chi connectivity index (χ0) is 20.1. The predicted molar refractivity (Wildman–Crippen MR) is 116 cm³/mol. The quantitative estimate of drug-likeness (QED) is 0.603. The van der Waals surface area contributed by atoms with Crippen LogP contribution in [0.4, 0.5) is 5.69 Å². The highest BCUT2D eigenvalue weighted by Crippen LogP contribution is 2.26. The highest BCUT2D eigenvalue weighted by molar-refractivity contribution is 5.97. The van der Waals surface area contributed by atoms with Crippen LogP contribution in [0.1, 0.15) is 39.7 Å². The van der Waals surface area contributed by atoms with Crippen molar-refractivity contribution in [3.8, 4) is 0 Å². The molecule has 2 aliphatic rings. The minimum Gasteiger partial charge on any atom is -0.357 e. The summed E-state index contributed by atoms with van der Waals surface area (Å²) in [7, 11) is 0. The van der Waals surface area contributed by atoms with Crippen molar-refractivity contribution in [2.75, 3.05) is 37.6 Å². The van der Waals surface area contributed by atoms with Gasteiger partial charge >= 0.3 is 0 Å². The first-order valence-electron chi connectivity index (χ1n) is 10.7. The Labute approximate surface area is 169 Å². The molecule has 0 bridgehead atoms. The summed E-state index contributed by atoms with van der Waals surface area (Å²) < 4.78 is 0. The fourth-order valence-electron chi connectivity index (χ4n) is 4.13. The first-order chi connectivity index (χ1) is 13.5. The van der Waals surface area contributed by atoms with Gasteiger partial charge in [-0.15, -0.1) is 0 Å². The number of benzene rings is 1. The molecule has 1 aromatic carbocycles. The smallest absolute Gasteiger partial charge is 0.248 e. The van der Waals surface area contributed by atoms with Gasteiger partial charge in [0.25, 0.3) is 0 Å². The number of amides is 1. The molecule has 0 radical (unpaired) electrons. The molecule has 1 aromatic rings. The summed E-state index contributed by atoms with van der Waals surface area (Å²) in [6.07, 6.45) is 2.05. The van der Waals surface area contributed by atoms with Crippen molar-refractivity contribution in [1.82, 2.24) is 15.5 Å². The number of aliphatic imine (C=N–C) groups is 1. The highest BCUT2D eigenvalue weighted by atomic mass is 16.2. The van der Waals surface area contributed by atoms with Crippen molar-refractivity contribution in [3.05, 3.63) is 29.8 Å². The molecule has 2 aliphatic heterocycles. The standard InChI is InChI=1S/C22H35N5O/c1-5-23-22(25-19-15-26(16(2)3)14-17(19)4)24-13-21(28)27-12-8-10-18-9-6-7-11-20(18)27/h6-7,9,11,16-17,19H,5,8,10,12-15H2,1-4H3,(H2,23,24,25). The second-order valence-corrected chi connectivity index (χ2v) is 8.25. The Morgan fingerprint density at radius 2 is 2.07 bits per heavy atom. The normalized spacial score (nSPS) is 23.0. The molecule has 3 rings (SSSR count). The third-order valence-corrected chi connectivity index (χ3v) is 5.82. The van der Waals surface area contributed by atoms with E-state index >= 15 is 0 Å². The number of para-hydroxylation sites is 1. The van der Waals surface area contributed by atoms with E-state index < -0.39 is 0 Å². The molecule has 6 nitrogen and oxygen atoms in total. The van der Waals surface area contributed by atoms with Crippen molar-refractivity contribution < 1.29 is 4.79 Å². The largest absolute Gasteiger partial charge is 0.357 e. The van der Waals surface area contributed by atoms with Gasteiger partial charge in [-0.25, -0.2) is 4.99 Å². The molecule has 28 heavy (non-hydrogen) atoms. The minimum atomic E-state index is 0.0626. The lowest BCUT2D eigenvalue weighted by Gasteiger charge is -2.29. The molecule has 6 heteroatoms. The summed E-state index contributed by atoms with van der Waals surface area (Å²) in [5, 5.41) is 6.86.